The molecule has 3 nitrogen and oxygen atoms in total. The van der Waals surface area contributed by atoms with Crippen molar-refractivity contribution in [3.8, 4) is 10.6 Å². The first-order valence-electron chi connectivity index (χ1n) is 7.42. The molecule has 0 aromatic carbocycles. The average Bonchev–Trinajstić information content (AvgIpc) is 3.06. The Morgan fingerprint density at radius 2 is 2.10 bits per heavy atom. The molecule has 0 aliphatic rings. The minimum Gasteiger partial charge on any atom is -0.369 e. The van der Waals surface area contributed by atoms with E-state index < -0.39 is 0 Å². The molecule has 3 heterocycles. The number of fused-ring (bicyclic) bond motifs is 1. The molecule has 4 heteroatoms. The molecule has 0 unspecified atom stereocenters. The van der Waals surface area contributed by atoms with E-state index in [0.717, 1.165) is 30.1 Å². The number of thiophene rings is 1. The van der Waals surface area contributed by atoms with Crippen molar-refractivity contribution < 1.29 is 0 Å². The number of nitrogens with one attached hydrogen (secondary N) is 1. The van der Waals surface area contributed by atoms with Crippen LogP contribution in [0.4, 0.5) is 5.82 Å². The van der Waals surface area contributed by atoms with Crippen LogP contribution in [-0.2, 0) is 0 Å². The van der Waals surface area contributed by atoms with Gasteiger partial charge in [0.05, 0.1) is 4.88 Å². The van der Waals surface area contributed by atoms with Gasteiger partial charge in [0.25, 0.3) is 0 Å². The van der Waals surface area contributed by atoms with Crippen LogP contribution in [0.25, 0.3) is 16.2 Å². The third-order valence-electron chi connectivity index (χ3n) is 3.61. The molecular formula is C17H21N3S. The van der Waals surface area contributed by atoms with Crippen LogP contribution in [0.15, 0.2) is 35.7 Å². The van der Waals surface area contributed by atoms with Crippen molar-refractivity contribution in [3.05, 3.63) is 41.4 Å². The summed E-state index contributed by atoms with van der Waals surface area (Å²) in [4.78, 5) is 6.04. The number of nitrogens with zero attached hydrogens (tertiary/aromatic N) is 2. The summed E-state index contributed by atoms with van der Waals surface area (Å²) in [7, 11) is 0. The molecule has 21 heavy (non-hydrogen) atoms. The molecule has 0 saturated carbocycles. The van der Waals surface area contributed by atoms with Crippen LogP contribution in [0.2, 0.25) is 0 Å². The molecule has 0 aliphatic carbocycles. The molecule has 3 aromatic heterocycles. The van der Waals surface area contributed by atoms with E-state index >= 15 is 0 Å². The first-order chi connectivity index (χ1) is 10.2. The van der Waals surface area contributed by atoms with Crippen molar-refractivity contribution in [1.82, 2.24) is 9.38 Å². The maximum absolute atomic E-state index is 4.82. The van der Waals surface area contributed by atoms with E-state index in [1.54, 1.807) is 11.3 Å². The topological polar surface area (TPSA) is 29.3 Å². The van der Waals surface area contributed by atoms with Gasteiger partial charge in [-0.05, 0) is 42.8 Å². The normalized spacial score (nSPS) is 11.4. The van der Waals surface area contributed by atoms with Gasteiger partial charge >= 0.3 is 0 Å². The second kappa shape index (κ2) is 5.90. The Morgan fingerprint density at radius 1 is 1.24 bits per heavy atom. The first kappa shape index (κ1) is 14.1. The Labute approximate surface area is 129 Å². The van der Waals surface area contributed by atoms with Gasteiger partial charge in [0.2, 0.25) is 0 Å². The van der Waals surface area contributed by atoms with E-state index in [4.69, 9.17) is 4.98 Å². The molecular weight excluding hydrogens is 278 g/mol. The lowest BCUT2D eigenvalue weighted by Gasteiger charge is -2.11. The van der Waals surface area contributed by atoms with Crippen molar-refractivity contribution >= 4 is 22.8 Å². The number of aryl methyl sites for hydroxylation is 1. The highest BCUT2D eigenvalue weighted by Gasteiger charge is 2.15. The lowest BCUT2D eigenvalue weighted by atomic mass is 10.1. The van der Waals surface area contributed by atoms with Gasteiger partial charge in [0, 0.05) is 12.2 Å². The summed E-state index contributed by atoms with van der Waals surface area (Å²) in [6, 6.07) is 10.5. The molecule has 3 aromatic rings. The monoisotopic (exact) mass is 299 g/mol. The molecule has 1 N–H and O–H groups in total. The predicted molar refractivity (Wildman–Crippen MR) is 91.2 cm³/mol. The van der Waals surface area contributed by atoms with Crippen molar-refractivity contribution in [2.24, 2.45) is 5.92 Å². The van der Waals surface area contributed by atoms with E-state index in [1.807, 2.05) is 0 Å². The molecule has 0 bridgehead atoms. The number of pyridine rings is 1. The Balaban J connectivity index is 2.06. The summed E-state index contributed by atoms with van der Waals surface area (Å²) >= 11 is 1.74. The number of aromatic nitrogens is 2. The molecule has 110 valence electrons. The molecule has 0 amide bonds. The molecule has 0 fully saturated rings. The van der Waals surface area contributed by atoms with Gasteiger partial charge in [0.1, 0.15) is 17.2 Å². The number of imidazole rings is 1. The maximum Gasteiger partial charge on any atom is 0.139 e. The molecule has 0 radical (unpaired) electrons. The van der Waals surface area contributed by atoms with E-state index in [-0.39, 0.29) is 0 Å². The zero-order valence-electron chi connectivity index (χ0n) is 12.8. The summed E-state index contributed by atoms with van der Waals surface area (Å²) in [6.07, 6.45) is 1.16. The van der Waals surface area contributed by atoms with Gasteiger partial charge in [-0.3, -0.25) is 4.40 Å². The second-order valence-corrected chi connectivity index (χ2v) is 6.70. The van der Waals surface area contributed by atoms with Gasteiger partial charge in [-0.2, -0.15) is 0 Å². The lowest BCUT2D eigenvalue weighted by molar-refractivity contribution is 0.606. The Kier molecular flexibility index (Phi) is 3.97. The van der Waals surface area contributed by atoms with Gasteiger partial charge < -0.3 is 5.32 Å². The zero-order valence-corrected chi connectivity index (χ0v) is 13.6. The highest BCUT2D eigenvalue weighted by atomic mass is 32.1. The fourth-order valence-electron chi connectivity index (χ4n) is 2.48. The Hall–Kier alpha value is -1.81. The van der Waals surface area contributed by atoms with Crippen LogP contribution in [0, 0.1) is 12.8 Å². The summed E-state index contributed by atoms with van der Waals surface area (Å²) in [5.41, 5.74) is 3.27. The van der Waals surface area contributed by atoms with E-state index in [9.17, 15) is 0 Å². The Morgan fingerprint density at radius 3 is 2.81 bits per heavy atom. The second-order valence-electron chi connectivity index (χ2n) is 5.76. The molecule has 0 saturated heterocycles. The summed E-state index contributed by atoms with van der Waals surface area (Å²) in [5, 5.41) is 5.71. The zero-order chi connectivity index (χ0) is 14.8. The average molecular weight is 299 g/mol. The van der Waals surface area contributed by atoms with Crippen LogP contribution in [0.1, 0.15) is 26.0 Å². The highest BCUT2D eigenvalue weighted by molar-refractivity contribution is 7.13. The number of hydrogen-bond acceptors (Lipinski definition) is 3. The van der Waals surface area contributed by atoms with Crippen LogP contribution in [0.5, 0.6) is 0 Å². The quantitative estimate of drug-likeness (QED) is 0.731. The van der Waals surface area contributed by atoms with E-state index in [0.29, 0.717) is 5.92 Å². The van der Waals surface area contributed by atoms with E-state index in [2.05, 4.69) is 66.2 Å². The minimum absolute atomic E-state index is 0.697. The SMILES string of the molecule is Cc1cccc2nc(-c3cccs3)c(NCCC(C)C)n12. The number of anilines is 1. The third kappa shape index (κ3) is 2.81. The first-order valence-corrected chi connectivity index (χ1v) is 8.30. The van der Waals surface area contributed by atoms with E-state index in [1.165, 1.54) is 10.6 Å². The summed E-state index contributed by atoms with van der Waals surface area (Å²) in [6.45, 7) is 7.60. The van der Waals surface area contributed by atoms with Gasteiger partial charge in [-0.25, -0.2) is 4.98 Å². The van der Waals surface area contributed by atoms with Gasteiger partial charge in [0.15, 0.2) is 0 Å². The van der Waals surface area contributed by atoms with Crippen molar-refractivity contribution in [1.29, 1.82) is 0 Å². The van der Waals surface area contributed by atoms with Crippen molar-refractivity contribution in [3.63, 3.8) is 0 Å². The summed E-state index contributed by atoms with van der Waals surface area (Å²) < 4.78 is 2.22. The van der Waals surface area contributed by atoms with Crippen LogP contribution in [-0.4, -0.2) is 15.9 Å². The lowest BCUT2D eigenvalue weighted by Crippen LogP contribution is -2.08. The molecule has 0 aliphatic heterocycles. The Bertz CT molecular complexity index is 726. The minimum atomic E-state index is 0.697. The fourth-order valence-corrected chi connectivity index (χ4v) is 3.20. The van der Waals surface area contributed by atoms with Gasteiger partial charge in [-0.15, -0.1) is 11.3 Å². The van der Waals surface area contributed by atoms with Crippen LogP contribution < -0.4 is 5.32 Å². The summed E-state index contributed by atoms with van der Waals surface area (Å²) in [5.74, 6) is 1.81. The highest BCUT2D eigenvalue weighted by Crippen LogP contribution is 2.32. The van der Waals surface area contributed by atoms with Crippen molar-refractivity contribution in [2.75, 3.05) is 11.9 Å². The maximum atomic E-state index is 4.82. The predicted octanol–water partition coefficient (Wildman–Crippen LogP) is 4.83. The fraction of sp³-hybridized carbons (Fsp3) is 0.353. The number of rotatable bonds is 5. The van der Waals surface area contributed by atoms with Crippen LogP contribution in [0.3, 0.4) is 0 Å². The standard InChI is InChI=1S/C17H21N3S/c1-12(2)9-10-18-17-16(14-7-5-11-21-14)19-15-8-4-6-13(3)20(15)17/h4-8,11-12,18H,9-10H2,1-3H3. The van der Waals surface area contributed by atoms with Crippen LogP contribution >= 0.6 is 11.3 Å². The smallest absolute Gasteiger partial charge is 0.139 e. The largest absolute Gasteiger partial charge is 0.369 e. The third-order valence-corrected chi connectivity index (χ3v) is 4.48. The molecule has 0 atom stereocenters. The molecule has 3 rings (SSSR count). The van der Waals surface area contributed by atoms with Crippen molar-refractivity contribution in [2.45, 2.75) is 27.2 Å². The van der Waals surface area contributed by atoms with Gasteiger partial charge in [-0.1, -0.05) is 26.0 Å². The number of hydrogen-bond donors (Lipinski definition) is 1. The molecule has 0 spiro atoms.